The molecular formula is C16H19N3. The van der Waals surface area contributed by atoms with Crippen molar-refractivity contribution in [2.45, 2.75) is 38.5 Å². The summed E-state index contributed by atoms with van der Waals surface area (Å²) in [6.07, 6.45) is 4.65. The van der Waals surface area contributed by atoms with Crippen molar-refractivity contribution in [3.63, 3.8) is 0 Å². The number of nitrogens with two attached hydrogens (primary N) is 1. The maximum absolute atomic E-state index is 5.85. The van der Waals surface area contributed by atoms with Crippen LogP contribution in [0.1, 0.15) is 43.5 Å². The van der Waals surface area contributed by atoms with Crippen LogP contribution in [0, 0.1) is 0 Å². The van der Waals surface area contributed by atoms with Crippen LogP contribution in [0.4, 0.5) is 5.69 Å². The number of anilines is 1. The zero-order valence-electron chi connectivity index (χ0n) is 11.3. The zero-order chi connectivity index (χ0) is 13.2. The Morgan fingerprint density at radius 3 is 2.74 bits per heavy atom. The first-order chi connectivity index (χ1) is 9.26. The molecule has 0 bridgehead atoms. The number of aryl methyl sites for hydroxylation is 1. The Bertz CT molecular complexity index is 588. The van der Waals surface area contributed by atoms with Crippen molar-refractivity contribution in [2.75, 3.05) is 5.73 Å². The molecule has 0 radical (unpaired) electrons. The van der Waals surface area contributed by atoms with E-state index >= 15 is 0 Å². The van der Waals surface area contributed by atoms with Crippen molar-refractivity contribution in [1.29, 1.82) is 0 Å². The molecule has 1 aromatic heterocycles. The van der Waals surface area contributed by atoms with Gasteiger partial charge in [0.25, 0.3) is 0 Å². The molecule has 0 spiro atoms. The maximum atomic E-state index is 5.85. The van der Waals surface area contributed by atoms with Crippen LogP contribution in [0.2, 0.25) is 0 Å². The first kappa shape index (κ1) is 12.2. The Morgan fingerprint density at radius 1 is 1.21 bits per heavy atom. The molecule has 2 aromatic rings. The highest BCUT2D eigenvalue weighted by atomic mass is 14.9. The quantitative estimate of drug-likeness (QED) is 0.848. The second-order valence-electron chi connectivity index (χ2n) is 5.26. The summed E-state index contributed by atoms with van der Waals surface area (Å²) in [5.74, 6) is 1.47. The second kappa shape index (κ2) is 5.00. The fourth-order valence-electron chi connectivity index (χ4n) is 2.30. The van der Waals surface area contributed by atoms with Gasteiger partial charge in [-0.15, -0.1) is 0 Å². The minimum Gasteiger partial charge on any atom is -0.399 e. The summed E-state index contributed by atoms with van der Waals surface area (Å²) in [6.45, 7) is 2.18. The topological polar surface area (TPSA) is 51.8 Å². The molecule has 1 aromatic carbocycles. The van der Waals surface area contributed by atoms with Crippen molar-refractivity contribution in [2.24, 2.45) is 0 Å². The van der Waals surface area contributed by atoms with Gasteiger partial charge in [-0.05, 0) is 37.5 Å². The first-order valence-electron chi connectivity index (χ1n) is 7.00. The van der Waals surface area contributed by atoms with E-state index in [0.29, 0.717) is 5.92 Å². The lowest BCUT2D eigenvalue weighted by Gasteiger charge is -2.07. The smallest absolute Gasteiger partial charge is 0.159 e. The molecule has 2 N–H and O–H groups in total. The Morgan fingerprint density at radius 2 is 2.05 bits per heavy atom. The molecule has 1 aliphatic rings. The molecule has 98 valence electrons. The van der Waals surface area contributed by atoms with Crippen LogP contribution >= 0.6 is 0 Å². The molecule has 1 fully saturated rings. The van der Waals surface area contributed by atoms with Crippen molar-refractivity contribution in [3.05, 3.63) is 41.7 Å². The molecule has 0 atom stereocenters. The Labute approximate surface area is 113 Å². The van der Waals surface area contributed by atoms with Gasteiger partial charge in [-0.25, -0.2) is 9.97 Å². The highest BCUT2D eigenvalue weighted by Crippen LogP contribution is 2.39. The number of nitrogens with zero attached hydrogens (tertiary/aromatic N) is 2. The predicted octanol–water partition coefficient (Wildman–Crippen LogP) is 3.56. The number of hydrogen-bond acceptors (Lipinski definition) is 3. The second-order valence-corrected chi connectivity index (χ2v) is 5.26. The van der Waals surface area contributed by atoms with Gasteiger partial charge in [0.05, 0.1) is 0 Å². The lowest BCUT2D eigenvalue weighted by molar-refractivity contribution is 0.858. The number of hydrogen-bond donors (Lipinski definition) is 1. The summed E-state index contributed by atoms with van der Waals surface area (Å²) >= 11 is 0. The van der Waals surface area contributed by atoms with Crippen LogP contribution in [0.25, 0.3) is 11.4 Å². The lowest BCUT2D eigenvalue weighted by atomic mass is 10.1. The van der Waals surface area contributed by atoms with E-state index in [1.165, 1.54) is 18.5 Å². The van der Waals surface area contributed by atoms with Gasteiger partial charge in [0.15, 0.2) is 5.82 Å². The molecule has 19 heavy (non-hydrogen) atoms. The molecular weight excluding hydrogens is 234 g/mol. The van der Waals surface area contributed by atoms with E-state index in [1.807, 2.05) is 24.3 Å². The summed E-state index contributed by atoms with van der Waals surface area (Å²) < 4.78 is 0. The van der Waals surface area contributed by atoms with Gasteiger partial charge >= 0.3 is 0 Å². The van der Waals surface area contributed by atoms with Gasteiger partial charge in [0.2, 0.25) is 0 Å². The van der Waals surface area contributed by atoms with E-state index in [-0.39, 0.29) is 0 Å². The van der Waals surface area contributed by atoms with Crippen LogP contribution in [0.3, 0.4) is 0 Å². The third-order valence-electron chi connectivity index (χ3n) is 3.45. The first-order valence-corrected chi connectivity index (χ1v) is 7.00. The molecule has 0 unspecified atom stereocenters. The molecule has 1 saturated carbocycles. The van der Waals surface area contributed by atoms with Crippen LogP contribution in [-0.2, 0) is 6.42 Å². The fourth-order valence-corrected chi connectivity index (χ4v) is 2.30. The zero-order valence-corrected chi connectivity index (χ0v) is 11.3. The predicted molar refractivity (Wildman–Crippen MR) is 77.9 cm³/mol. The van der Waals surface area contributed by atoms with Gasteiger partial charge in [0.1, 0.15) is 0 Å². The van der Waals surface area contributed by atoms with Crippen molar-refractivity contribution < 1.29 is 0 Å². The molecule has 3 heteroatoms. The number of benzene rings is 1. The maximum Gasteiger partial charge on any atom is 0.159 e. The SMILES string of the molecule is CCCc1cc(C2CC2)nc(-c2cccc(N)c2)n1. The van der Waals surface area contributed by atoms with E-state index in [0.717, 1.165) is 35.6 Å². The fraction of sp³-hybridized carbons (Fsp3) is 0.375. The average molecular weight is 253 g/mol. The molecule has 1 heterocycles. The molecule has 0 amide bonds. The number of rotatable bonds is 4. The minimum atomic E-state index is 0.651. The highest BCUT2D eigenvalue weighted by molar-refractivity contribution is 5.61. The highest BCUT2D eigenvalue weighted by Gasteiger charge is 2.26. The van der Waals surface area contributed by atoms with Crippen LogP contribution < -0.4 is 5.73 Å². The van der Waals surface area contributed by atoms with Crippen LogP contribution in [0.15, 0.2) is 30.3 Å². The standard InChI is InChI=1S/C16H19N3/c1-2-4-14-10-15(11-7-8-11)19-16(18-14)12-5-3-6-13(17)9-12/h3,5-6,9-11H,2,4,7-8,17H2,1H3. The van der Waals surface area contributed by atoms with Crippen molar-refractivity contribution in [3.8, 4) is 11.4 Å². The van der Waals surface area contributed by atoms with Crippen molar-refractivity contribution >= 4 is 5.69 Å². The van der Waals surface area contributed by atoms with Gasteiger partial charge < -0.3 is 5.73 Å². The largest absolute Gasteiger partial charge is 0.399 e. The Hall–Kier alpha value is -1.90. The number of aromatic nitrogens is 2. The third-order valence-corrected chi connectivity index (χ3v) is 3.45. The molecule has 0 aliphatic heterocycles. The van der Waals surface area contributed by atoms with E-state index in [9.17, 15) is 0 Å². The summed E-state index contributed by atoms with van der Waals surface area (Å²) in [5.41, 5.74) is 9.97. The Balaban J connectivity index is 2.03. The summed E-state index contributed by atoms with van der Waals surface area (Å²) in [6, 6.07) is 10.00. The summed E-state index contributed by atoms with van der Waals surface area (Å²) in [5, 5.41) is 0. The van der Waals surface area contributed by atoms with Gasteiger partial charge in [0, 0.05) is 28.6 Å². The Kier molecular flexibility index (Phi) is 3.20. The monoisotopic (exact) mass is 253 g/mol. The normalized spacial score (nSPS) is 14.6. The van der Waals surface area contributed by atoms with E-state index < -0.39 is 0 Å². The van der Waals surface area contributed by atoms with E-state index in [4.69, 9.17) is 10.7 Å². The lowest BCUT2D eigenvalue weighted by Crippen LogP contribution is -2.00. The molecule has 0 saturated heterocycles. The summed E-state index contributed by atoms with van der Waals surface area (Å²) in [7, 11) is 0. The minimum absolute atomic E-state index is 0.651. The third kappa shape index (κ3) is 2.75. The van der Waals surface area contributed by atoms with Crippen LogP contribution in [0.5, 0.6) is 0 Å². The van der Waals surface area contributed by atoms with Crippen LogP contribution in [-0.4, -0.2) is 9.97 Å². The van der Waals surface area contributed by atoms with Gasteiger partial charge in [-0.3, -0.25) is 0 Å². The van der Waals surface area contributed by atoms with Crippen molar-refractivity contribution in [1.82, 2.24) is 9.97 Å². The van der Waals surface area contributed by atoms with E-state index in [1.54, 1.807) is 0 Å². The molecule has 3 rings (SSSR count). The van der Waals surface area contributed by atoms with E-state index in [2.05, 4.69) is 18.0 Å². The van der Waals surface area contributed by atoms with Gasteiger partial charge in [-0.1, -0.05) is 25.5 Å². The number of nitrogen functional groups attached to an aromatic ring is 1. The molecule has 1 aliphatic carbocycles. The average Bonchev–Trinajstić information content (AvgIpc) is 3.23. The van der Waals surface area contributed by atoms with Gasteiger partial charge in [-0.2, -0.15) is 0 Å². The molecule has 3 nitrogen and oxygen atoms in total. The summed E-state index contributed by atoms with van der Waals surface area (Å²) in [4.78, 5) is 9.40.